The molecule has 4 nitrogen and oxygen atoms in total. The third-order valence-electron chi connectivity index (χ3n) is 4.50. The Morgan fingerprint density at radius 3 is 1.68 bits per heavy atom. The lowest BCUT2D eigenvalue weighted by molar-refractivity contribution is 0.0826. The molecule has 0 aromatic heterocycles. The Kier molecular flexibility index (Phi) is 5.77. The SMILES string of the molecule is Cc1ccc(-c2ccc(C(=O)[C@@H](C)OS(=O)(=O)c3ccc(C)cc3)cc2)cc1. The fourth-order valence-corrected chi connectivity index (χ4v) is 3.85. The van der Waals surface area contributed by atoms with Crippen LogP contribution in [0.25, 0.3) is 11.1 Å². The van der Waals surface area contributed by atoms with Crippen LogP contribution in [0.15, 0.2) is 77.7 Å². The van der Waals surface area contributed by atoms with Crippen molar-refractivity contribution in [2.75, 3.05) is 0 Å². The van der Waals surface area contributed by atoms with Gasteiger partial charge in [0.15, 0.2) is 5.78 Å². The topological polar surface area (TPSA) is 60.4 Å². The Balaban J connectivity index is 1.74. The summed E-state index contributed by atoms with van der Waals surface area (Å²) in [4.78, 5) is 12.6. The highest BCUT2D eigenvalue weighted by molar-refractivity contribution is 7.86. The van der Waals surface area contributed by atoms with Crippen LogP contribution in [-0.2, 0) is 14.3 Å². The fourth-order valence-electron chi connectivity index (χ4n) is 2.80. The van der Waals surface area contributed by atoms with Crippen molar-refractivity contribution in [3.63, 3.8) is 0 Å². The summed E-state index contributed by atoms with van der Waals surface area (Å²) in [5, 5.41) is 0. The quantitative estimate of drug-likeness (QED) is 0.438. The zero-order chi connectivity index (χ0) is 20.3. The Morgan fingerprint density at radius 2 is 1.18 bits per heavy atom. The van der Waals surface area contributed by atoms with E-state index in [-0.39, 0.29) is 10.7 Å². The average molecular weight is 394 g/mol. The first-order valence-electron chi connectivity index (χ1n) is 8.97. The molecule has 0 aliphatic rings. The van der Waals surface area contributed by atoms with Gasteiger partial charge in [-0.2, -0.15) is 8.42 Å². The molecular formula is C23H22O4S. The third kappa shape index (κ3) is 4.55. The zero-order valence-corrected chi connectivity index (χ0v) is 16.9. The van der Waals surface area contributed by atoms with E-state index in [1.807, 2.05) is 50.2 Å². The van der Waals surface area contributed by atoms with E-state index in [2.05, 4.69) is 0 Å². The van der Waals surface area contributed by atoms with Crippen LogP contribution < -0.4 is 0 Å². The fraction of sp³-hybridized carbons (Fsp3) is 0.174. The Hall–Kier alpha value is -2.76. The van der Waals surface area contributed by atoms with Crippen molar-refractivity contribution in [3.05, 3.63) is 89.5 Å². The van der Waals surface area contributed by atoms with Crippen molar-refractivity contribution in [3.8, 4) is 11.1 Å². The van der Waals surface area contributed by atoms with Crippen molar-refractivity contribution in [2.45, 2.75) is 31.8 Å². The number of aryl methyl sites for hydroxylation is 2. The molecule has 0 amide bonds. The molecule has 0 heterocycles. The van der Waals surface area contributed by atoms with E-state index in [1.54, 1.807) is 24.3 Å². The molecular weight excluding hydrogens is 372 g/mol. The molecule has 0 saturated heterocycles. The summed E-state index contributed by atoms with van der Waals surface area (Å²) in [6.07, 6.45) is -1.11. The van der Waals surface area contributed by atoms with E-state index < -0.39 is 16.2 Å². The second-order valence-corrected chi connectivity index (χ2v) is 8.39. The molecule has 3 aromatic carbocycles. The number of hydrogen-bond donors (Lipinski definition) is 0. The van der Waals surface area contributed by atoms with Gasteiger partial charge in [0.1, 0.15) is 6.10 Å². The number of carbonyl (C=O) groups excluding carboxylic acids is 1. The minimum Gasteiger partial charge on any atom is -0.291 e. The molecule has 0 spiro atoms. The maximum atomic E-state index is 12.6. The Bertz CT molecular complexity index is 1060. The normalized spacial score (nSPS) is 12.5. The summed E-state index contributed by atoms with van der Waals surface area (Å²) in [6.45, 7) is 5.34. The first kappa shape index (κ1) is 20.0. The van der Waals surface area contributed by atoms with Crippen molar-refractivity contribution in [1.82, 2.24) is 0 Å². The number of benzene rings is 3. The first-order chi connectivity index (χ1) is 13.3. The van der Waals surface area contributed by atoms with Crippen LogP contribution >= 0.6 is 0 Å². The molecule has 0 aliphatic heterocycles. The largest absolute Gasteiger partial charge is 0.297 e. The Labute approximate surface area is 165 Å². The minimum absolute atomic E-state index is 0.0347. The maximum Gasteiger partial charge on any atom is 0.297 e. The van der Waals surface area contributed by atoms with Crippen LogP contribution in [-0.4, -0.2) is 20.3 Å². The minimum atomic E-state index is -4.01. The van der Waals surface area contributed by atoms with Crippen LogP contribution in [0.1, 0.15) is 28.4 Å². The van der Waals surface area contributed by atoms with Gasteiger partial charge in [-0.05, 0) is 44.0 Å². The average Bonchev–Trinajstić information content (AvgIpc) is 2.68. The van der Waals surface area contributed by atoms with E-state index in [9.17, 15) is 13.2 Å². The van der Waals surface area contributed by atoms with E-state index in [0.29, 0.717) is 5.56 Å². The molecule has 0 saturated carbocycles. The molecule has 0 unspecified atom stereocenters. The number of rotatable bonds is 6. The van der Waals surface area contributed by atoms with Crippen molar-refractivity contribution >= 4 is 15.9 Å². The van der Waals surface area contributed by atoms with Crippen molar-refractivity contribution < 1.29 is 17.4 Å². The summed E-state index contributed by atoms with van der Waals surface area (Å²) in [5.74, 6) is -0.383. The van der Waals surface area contributed by atoms with Gasteiger partial charge < -0.3 is 0 Å². The predicted molar refractivity (Wildman–Crippen MR) is 110 cm³/mol. The third-order valence-corrected chi connectivity index (χ3v) is 5.90. The number of hydrogen-bond acceptors (Lipinski definition) is 4. The van der Waals surface area contributed by atoms with E-state index in [0.717, 1.165) is 16.7 Å². The van der Waals surface area contributed by atoms with Gasteiger partial charge in [-0.15, -0.1) is 0 Å². The monoisotopic (exact) mass is 394 g/mol. The highest BCUT2D eigenvalue weighted by Crippen LogP contribution is 2.22. The molecule has 0 aliphatic carbocycles. The van der Waals surface area contributed by atoms with Crippen LogP contribution in [0.5, 0.6) is 0 Å². The maximum absolute atomic E-state index is 12.6. The molecule has 28 heavy (non-hydrogen) atoms. The van der Waals surface area contributed by atoms with Crippen molar-refractivity contribution in [2.24, 2.45) is 0 Å². The van der Waals surface area contributed by atoms with E-state index in [4.69, 9.17) is 4.18 Å². The predicted octanol–water partition coefficient (Wildman–Crippen LogP) is 4.95. The standard InChI is InChI=1S/C23H22O4S/c1-16-4-8-19(9-5-16)20-10-12-21(13-11-20)23(24)18(3)27-28(25,26)22-14-6-17(2)7-15-22/h4-15,18H,1-3H3/t18-/m1/s1. The molecule has 144 valence electrons. The lowest BCUT2D eigenvalue weighted by Gasteiger charge is -2.13. The molecule has 0 bridgehead atoms. The number of Topliss-reactive ketones (excluding diaryl/α,β-unsaturated/α-hetero) is 1. The second kappa shape index (κ2) is 8.09. The van der Waals surface area contributed by atoms with Gasteiger partial charge in [-0.3, -0.25) is 8.98 Å². The Morgan fingerprint density at radius 1 is 0.750 bits per heavy atom. The summed E-state index contributed by atoms with van der Waals surface area (Å²) < 4.78 is 29.9. The highest BCUT2D eigenvalue weighted by Gasteiger charge is 2.24. The zero-order valence-electron chi connectivity index (χ0n) is 16.0. The number of ketones is 1. The van der Waals surface area contributed by atoms with Crippen LogP contribution in [0.4, 0.5) is 0 Å². The van der Waals surface area contributed by atoms with E-state index in [1.165, 1.54) is 24.6 Å². The van der Waals surface area contributed by atoms with Crippen LogP contribution in [0.2, 0.25) is 0 Å². The van der Waals surface area contributed by atoms with Gasteiger partial charge in [-0.25, -0.2) is 0 Å². The molecule has 5 heteroatoms. The van der Waals surface area contributed by atoms with Gasteiger partial charge in [0.2, 0.25) is 0 Å². The van der Waals surface area contributed by atoms with Gasteiger partial charge in [0, 0.05) is 5.56 Å². The second-order valence-electron chi connectivity index (χ2n) is 6.81. The molecule has 1 atom stereocenters. The van der Waals surface area contributed by atoms with Gasteiger partial charge >= 0.3 is 0 Å². The lowest BCUT2D eigenvalue weighted by Crippen LogP contribution is -2.24. The summed E-state index contributed by atoms with van der Waals surface area (Å²) >= 11 is 0. The van der Waals surface area contributed by atoms with E-state index >= 15 is 0 Å². The smallest absolute Gasteiger partial charge is 0.291 e. The van der Waals surface area contributed by atoms with Crippen molar-refractivity contribution in [1.29, 1.82) is 0 Å². The van der Waals surface area contributed by atoms with Gasteiger partial charge in [0.05, 0.1) is 4.90 Å². The summed E-state index contributed by atoms with van der Waals surface area (Å²) in [7, 11) is -4.01. The summed E-state index contributed by atoms with van der Waals surface area (Å²) in [6, 6.07) is 21.5. The molecule has 3 aromatic rings. The van der Waals surface area contributed by atoms with Crippen LogP contribution in [0, 0.1) is 13.8 Å². The van der Waals surface area contributed by atoms with Gasteiger partial charge in [-0.1, -0.05) is 71.8 Å². The first-order valence-corrected chi connectivity index (χ1v) is 10.4. The van der Waals surface area contributed by atoms with Crippen LogP contribution in [0.3, 0.4) is 0 Å². The molecule has 0 fully saturated rings. The molecule has 3 rings (SSSR count). The number of carbonyl (C=O) groups is 1. The summed E-state index contributed by atoms with van der Waals surface area (Å²) in [5.41, 5.74) is 4.56. The molecule has 0 N–H and O–H groups in total. The van der Waals surface area contributed by atoms with Gasteiger partial charge in [0.25, 0.3) is 10.1 Å². The molecule has 0 radical (unpaired) electrons. The lowest BCUT2D eigenvalue weighted by atomic mass is 10.0. The highest BCUT2D eigenvalue weighted by atomic mass is 32.2.